The summed E-state index contributed by atoms with van der Waals surface area (Å²) in [5.74, 6) is 0.00168. The minimum absolute atomic E-state index is 0.00168. The molecule has 1 aromatic heterocycles. The summed E-state index contributed by atoms with van der Waals surface area (Å²) in [4.78, 5) is 9.24. The highest BCUT2D eigenvalue weighted by Gasteiger charge is 2.09. The minimum atomic E-state index is 0.00168. The van der Waals surface area contributed by atoms with E-state index >= 15 is 0 Å². The molecule has 0 spiro atoms. The van der Waals surface area contributed by atoms with Crippen molar-refractivity contribution >= 4 is 29.2 Å². The highest BCUT2D eigenvalue weighted by molar-refractivity contribution is 7.99. The molecule has 0 aliphatic rings. The first kappa shape index (κ1) is 12.9. The first-order chi connectivity index (χ1) is 8.56. The Labute approximate surface area is 114 Å². The fraction of sp³-hybridized carbons (Fsp3) is 0.0833. The molecule has 0 aliphatic carbocycles. The van der Waals surface area contributed by atoms with Crippen molar-refractivity contribution in [3.05, 3.63) is 46.7 Å². The molecule has 2 rings (SSSR count). The second kappa shape index (κ2) is 5.37. The van der Waals surface area contributed by atoms with Gasteiger partial charge in [0, 0.05) is 27.4 Å². The van der Waals surface area contributed by atoms with E-state index in [1.54, 1.807) is 24.4 Å². The maximum atomic E-state index is 7.54. The third-order valence-electron chi connectivity index (χ3n) is 2.21. The summed E-state index contributed by atoms with van der Waals surface area (Å²) in [6.45, 7) is 1.90. The molecule has 1 heterocycles. The summed E-state index contributed by atoms with van der Waals surface area (Å²) >= 11 is 7.30. The van der Waals surface area contributed by atoms with Gasteiger partial charge in [0.15, 0.2) is 5.16 Å². The van der Waals surface area contributed by atoms with Crippen molar-refractivity contribution in [2.24, 2.45) is 5.73 Å². The molecule has 0 saturated heterocycles. The lowest BCUT2D eigenvalue weighted by Gasteiger charge is -2.07. The van der Waals surface area contributed by atoms with Gasteiger partial charge in [-0.25, -0.2) is 9.97 Å². The van der Waals surface area contributed by atoms with Crippen molar-refractivity contribution < 1.29 is 0 Å². The van der Waals surface area contributed by atoms with Crippen molar-refractivity contribution in [2.45, 2.75) is 17.0 Å². The standard InChI is InChI=1S/C12H11ClN4S/c1-7-4-5-16-12(17-7)18-10-6-8(13)2-3-9(10)11(14)15/h2-6H,1H3,(H3,14,15). The van der Waals surface area contributed by atoms with E-state index in [-0.39, 0.29) is 5.84 Å². The molecule has 2 aromatic rings. The van der Waals surface area contributed by atoms with E-state index in [0.717, 1.165) is 10.6 Å². The summed E-state index contributed by atoms with van der Waals surface area (Å²) in [7, 11) is 0. The lowest BCUT2D eigenvalue weighted by Crippen LogP contribution is -2.12. The van der Waals surface area contributed by atoms with Gasteiger partial charge >= 0.3 is 0 Å². The third kappa shape index (κ3) is 3.00. The van der Waals surface area contributed by atoms with E-state index in [1.807, 2.05) is 13.0 Å². The van der Waals surface area contributed by atoms with Crippen LogP contribution in [0.3, 0.4) is 0 Å². The number of aryl methyl sites for hydroxylation is 1. The number of hydrogen-bond donors (Lipinski definition) is 2. The molecule has 0 unspecified atom stereocenters. The van der Waals surface area contributed by atoms with Gasteiger partial charge in [-0.15, -0.1) is 0 Å². The summed E-state index contributed by atoms with van der Waals surface area (Å²) in [5.41, 5.74) is 7.06. The van der Waals surface area contributed by atoms with Crippen molar-refractivity contribution in [1.82, 2.24) is 9.97 Å². The van der Waals surface area contributed by atoms with E-state index in [2.05, 4.69) is 9.97 Å². The molecule has 0 fully saturated rings. The van der Waals surface area contributed by atoms with Gasteiger partial charge in [-0.05, 0) is 43.0 Å². The highest BCUT2D eigenvalue weighted by atomic mass is 35.5. The first-order valence-electron chi connectivity index (χ1n) is 5.17. The Morgan fingerprint density at radius 2 is 2.17 bits per heavy atom. The summed E-state index contributed by atoms with van der Waals surface area (Å²) in [6, 6.07) is 7.02. The van der Waals surface area contributed by atoms with Crippen LogP contribution in [0, 0.1) is 12.3 Å². The SMILES string of the molecule is Cc1ccnc(Sc2cc(Cl)ccc2C(=N)N)n1. The van der Waals surface area contributed by atoms with Gasteiger partial charge in [0.2, 0.25) is 0 Å². The molecule has 0 aliphatic heterocycles. The molecule has 0 saturated carbocycles. The van der Waals surface area contributed by atoms with Crippen molar-refractivity contribution in [2.75, 3.05) is 0 Å². The smallest absolute Gasteiger partial charge is 0.192 e. The van der Waals surface area contributed by atoms with Gasteiger partial charge in [-0.1, -0.05) is 11.6 Å². The second-order valence-corrected chi connectivity index (χ2v) is 5.08. The molecule has 0 radical (unpaired) electrons. The molecule has 18 heavy (non-hydrogen) atoms. The fourth-order valence-corrected chi connectivity index (χ4v) is 2.59. The van der Waals surface area contributed by atoms with Crippen molar-refractivity contribution in [3.63, 3.8) is 0 Å². The number of aromatic nitrogens is 2. The lowest BCUT2D eigenvalue weighted by molar-refractivity contribution is 0.932. The number of halogens is 1. The first-order valence-corrected chi connectivity index (χ1v) is 6.37. The number of amidine groups is 1. The Bertz CT molecular complexity index is 600. The largest absolute Gasteiger partial charge is 0.384 e. The minimum Gasteiger partial charge on any atom is -0.384 e. The Kier molecular flexibility index (Phi) is 3.84. The van der Waals surface area contributed by atoms with Crippen LogP contribution in [0.5, 0.6) is 0 Å². The zero-order valence-electron chi connectivity index (χ0n) is 9.64. The molecular weight excluding hydrogens is 268 g/mol. The second-order valence-electron chi connectivity index (χ2n) is 3.64. The predicted octanol–water partition coefficient (Wildman–Crippen LogP) is 2.87. The van der Waals surface area contributed by atoms with Gasteiger partial charge < -0.3 is 5.73 Å². The molecule has 0 atom stereocenters. The van der Waals surface area contributed by atoms with Crippen LogP contribution in [0.2, 0.25) is 5.02 Å². The van der Waals surface area contributed by atoms with E-state index in [0.29, 0.717) is 15.7 Å². The van der Waals surface area contributed by atoms with Gasteiger partial charge in [0.1, 0.15) is 5.84 Å². The number of nitrogen functional groups attached to an aromatic ring is 1. The van der Waals surface area contributed by atoms with E-state index in [4.69, 9.17) is 22.7 Å². The van der Waals surface area contributed by atoms with Crippen LogP contribution in [-0.2, 0) is 0 Å². The maximum Gasteiger partial charge on any atom is 0.192 e. The van der Waals surface area contributed by atoms with Crippen molar-refractivity contribution in [3.8, 4) is 0 Å². The van der Waals surface area contributed by atoms with E-state index < -0.39 is 0 Å². The Hall–Kier alpha value is -1.59. The van der Waals surface area contributed by atoms with Crippen LogP contribution in [0.25, 0.3) is 0 Å². The number of nitrogens with two attached hydrogens (primary N) is 1. The Morgan fingerprint density at radius 1 is 1.39 bits per heavy atom. The molecular formula is C12H11ClN4S. The summed E-state index contributed by atoms with van der Waals surface area (Å²) in [6.07, 6.45) is 1.70. The molecule has 6 heteroatoms. The van der Waals surface area contributed by atoms with Gasteiger partial charge in [-0.2, -0.15) is 0 Å². The van der Waals surface area contributed by atoms with Gasteiger partial charge in [0.05, 0.1) is 0 Å². The van der Waals surface area contributed by atoms with E-state index in [1.165, 1.54) is 11.8 Å². The van der Waals surface area contributed by atoms with Crippen LogP contribution >= 0.6 is 23.4 Å². The zero-order chi connectivity index (χ0) is 13.1. The maximum absolute atomic E-state index is 7.54. The van der Waals surface area contributed by atoms with Crippen LogP contribution in [0.1, 0.15) is 11.3 Å². The normalized spacial score (nSPS) is 10.3. The third-order valence-corrected chi connectivity index (χ3v) is 3.38. The molecule has 0 bridgehead atoms. The number of benzene rings is 1. The highest BCUT2D eigenvalue weighted by Crippen LogP contribution is 2.30. The number of nitrogens with one attached hydrogen (secondary N) is 1. The molecule has 0 amide bonds. The lowest BCUT2D eigenvalue weighted by atomic mass is 10.2. The van der Waals surface area contributed by atoms with Crippen LogP contribution < -0.4 is 5.73 Å². The van der Waals surface area contributed by atoms with Gasteiger partial charge in [-0.3, -0.25) is 5.41 Å². The monoisotopic (exact) mass is 278 g/mol. The average molecular weight is 279 g/mol. The summed E-state index contributed by atoms with van der Waals surface area (Å²) in [5, 5.41) is 8.74. The Balaban J connectivity index is 2.39. The molecule has 4 nitrogen and oxygen atoms in total. The van der Waals surface area contributed by atoms with E-state index in [9.17, 15) is 0 Å². The topological polar surface area (TPSA) is 75.7 Å². The number of rotatable bonds is 3. The fourth-order valence-electron chi connectivity index (χ4n) is 1.38. The van der Waals surface area contributed by atoms with Gasteiger partial charge in [0.25, 0.3) is 0 Å². The number of nitrogens with zero attached hydrogens (tertiary/aromatic N) is 2. The summed E-state index contributed by atoms with van der Waals surface area (Å²) < 4.78 is 0. The predicted molar refractivity (Wildman–Crippen MR) is 73.4 cm³/mol. The van der Waals surface area contributed by atoms with Crippen molar-refractivity contribution in [1.29, 1.82) is 5.41 Å². The zero-order valence-corrected chi connectivity index (χ0v) is 11.2. The quantitative estimate of drug-likeness (QED) is 0.514. The van der Waals surface area contributed by atoms with Crippen LogP contribution in [0.4, 0.5) is 0 Å². The molecule has 1 aromatic carbocycles. The average Bonchev–Trinajstić information content (AvgIpc) is 2.28. The number of hydrogen-bond acceptors (Lipinski definition) is 4. The molecule has 92 valence electrons. The van der Waals surface area contributed by atoms with Crippen LogP contribution in [0.15, 0.2) is 40.5 Å². The Morgan fingerprint density at radius 3 is 2.83 bits per heavy atom. The van der Waals surface area contributed by atoms with Crippen LogP contribution in [-0.4, -0.2) is 15.8 Å². The molecule has 3 N–H and O–H groups in total.